The fraction of sp³-hybridized carbons (Fsp3) is 0.417. The van der Waals surface area contributed by atoms with Crippen molar-refractivity contribution in [3.63, 3.8) is 0 Å². The molecule has 32 heavy (non-hydrogen) atoms. The first kappa shape index (κ1) is 22.4. The Morgan fingerprint density at radius 2 is 1.84 bits per heavy atom. The monoisotopic (exact) mass is 451 g/mol. The number of thiazole rings is 1. The van der Waals surface area contributed by atoms with Crippen LogP contribution >= 0.6 is 11.3 Å². The van der Waals surface area contributed by atoms with E-state index >= 15 is 0 Å². The summed E-state index contributed by atoms with van der Waals surface area (Å²) in [5, 5.41) is 3.99. The van der Waals surface area contributed by atoms with Crippen LogP contribution in [0.3, 0.4) is 0 Å². The van der Waals surface area contributed by atoms with Gasteiger partial charge in [-0.15, -0.1) is 0 Å². The minimum atomic E-state index is -0.146. The number of aryl methyl sites for hydroxylation is 3. The van der Waals surface area contributed by atoms with Crippen molar-refractivity contribution in [2.45, 2.75) is 53.4 Å². The van der Waals surface area contributed by atoms with E-state index in [9.17, 15) is 4.79 Å². The highest BCUT2D eigenvalue weighted by molar-refractivity contribution is 7.19. The van der Waals surface area contributed by atoms with Crippen LogP contribution in [0.1, 0.15) is 47.0 Å². The number of hydrogen-bond acceptors (Lipinski definition) is 7. The first-order chi connectivity index (χ1) is 15.3. The van der Waals surface area contributed by atoms with E-state index in [4.69, 9.17) is 9.72 Å². The van der Waals surface area contributed by atoms with Crippen LogP contribution < -0.4 is 10.2 Å². The summed E-state index contributed by atoms with van der Waals surface area (Å²) in [6.07, 6.45) is 1.98. The van der Waals surface area contributed by atoms with Gasteiger partial charge >= 0.3 is 0 Å². The summed E-state index contributed by atoms with van der Waals surface area (Å²) in [7, 11) is 0. The zero-order chi connectivity index (χ0) is 22.8. The van der Waals surface area contributed by atoms with Gasteiger partial charge in [0.1, 0.15) is 0 Å². The molecule has 1 saturated heterocycles. The molecule has 0 saturated carbocycles. The fourth-order valence-corrected chi connectivity index (χ4v) is 5.19. The maximum Gasteiger partial charge on any atom is 0.253 e. The molecule has 1 fully saturated rings. The van der Waals surface area contributed by atoms with E-state index in [-0.39, 0.29) is 18.1 Å². The van der Waals surface area contributed by atoms with Crippen molar-refractivity contribution in [1.29, 1.82) is 0 Å². The highest BCUT2D eigenvalue weighted by Crippen LogP contribution is 2.36. The summed E-state index contributed by atoms with van der Waals surface area (Å²) < 4.78 is 5.89. The van der Waals surface area contributed by atoms with Gasteiger partial charge in [-0.2, -0.15) is 0 Å². The summed E-state index contributed by atoms with van der Waals surface area (Å²) in [6.45, 7) is 11.9. The Morgan fingerprint density at radius 1 is 1.16 bits per heavy atom. The molecule has 0 aliphatic carbocycles. The molecule has 0 unspecified atom stereocenters. The number of anilines is 1. The minimum absolute atomic E-state index is 0.146. The molecule has 1 aliphatic rings. The van der Waals surface area contributed by atoms with Gasteiger partial charge < -0.3 is 15.0 Å². The highest BCUT2D eigenvalue weighted by atomic mass is 32.1. The Morgan fingerprint density at radius 3 is 2.50 bits per heavy atom. The maximum absolute atomic E-state index is 12.8. The van der Waals surface area contributed by atoms with Crippen molar-refractivity contribution in [1.82, 2.24) is 20.3 Å². The Labute approximate surface area is 192 Å². The number of carbonyl (C=O) groups excluding carboxylic acids is 1. The lowest BCUT2D eigenvalue weighted by Gasteiger charge is -2.35. The van der Waals surface area contributed by atoms with E-state index < -0.39 is 0 Å². The van der Waals surface area contributed by atoms with Gasteiger partial charge in [0, 0.05) is 36.4 Å². The van der Waals surface area contributed by atoms with Crippen molar-refractivity contribution in [3.05, 3.63) is 58.8 Å². The second-order valence-corrected chi connectivity index (χ2v) is 9.37. The first-order valence-electron chi connectivity index (χ1n) is 10.9. The average Bonchev–Trinajstić information content (AvgIpc) is 3.15. The van der Waals surface area contributed by atoms with Gasteiger partial charge in [0.05, 0.1) is 34.9 Å². The smallest absolute Gasteiger partial charge is 0.253 e. The number of nitrogens with zero attached hydrogens (tertiary/aromatic N) is 4. The van der Waals surface area contributed by atoms with Crippen LogP contribution in [0, 0.1) is 20.8 Å². The third-order valence-electron chi connectivity index (χ3n) is 5.39. The van der Waals surface area contributed by atoms with Crippen molar-refractivity contribution < 1.29 is 9.53 Å². The van der Waals surface area contributed by atoms with E-state index in [0.717, 1.165) is 45.7 Å². The van der Waals surface area contributed by atoms with Gasteiger partial charge in [0.25, 0.3) is 5.91 Å². The lowest BCUT2D eigenvalue weighted by Crippen LogP contribution is -2.45. The molecule has 0 spiro atoms. The Kier molecular flexibility index (Phi) is 6.53. The van der Waals surface area contributed by atoms with Gasteiger partial charge in [0.15, 0.2) is 5.13 Å². The zero-order valence-electron chi connectivity index (χ0n) is 19.2. The Hall–Kier alpha value is -2.84. The molecule has 4 rings (SSSR count). The number of aromatic nitrogens is 3. The van der Waals surface area contributed by atoms with Crippen LogP contribution in [-0.2, 0) is 11.3 Å². The number of hydrogen-bond donors (Lipinski definition) is 1. The van der Waals surface area contributed by atoms with Crippen LogP contribution in [0.2, 0.25) is 0 Å². The quantitative estimate of drug-likeness (QED) is 0.630. The maximum atomic E-state index is 12.8. The molecule has 0 bridgehead atoms. The van der Waals surface area contributed by atoms with Crippen molar-refractivity contribution >= 4 is 22.4 Å². The van der Waals surface area contributed by atoms with E-state index in [2.05, 4.69) is 46.2 Å². The van der Waals surface area contributed by atoms with Gasteiger partial charge in [-0.25, -0.2) is 4.98 Å². The highest BCUT2D eigenvalue weighted by Gasteiger charge is 2.26. The van der Waals surface area contributed by atoms with Gasteiger partial charge in [-0.05, 0) is 64.4 Å². The van der Waals surface area contributed by atoms with Crippen LogP contribution in [0.4, 0.5) is 5.13 Å². The normalized spacial score (nSPS) is 18.6. The molecule has 8 heteroatoms. The molecular weight excluding hydrogens is 422 g/mol. The molecule has 168 valence electrons. The molecule has 1 aliphatic heterocycles. The number of ether oxygens (including phenoxy) is 1. The van der Waals surface area contributed by atoms with Gasteiger partial charge in [-0.1, -0.05) is 11.3 Å². The molecule has 7 nitrogen and oxygen atoms in total. The summed E-state index contributed by atoms with van der Waals surface area (Å²) in [5.41, 5.74) is 5.15. The van der Waals surface area contributed by atoms with Crippen molar-refractivity contribution in [2.75, 3.05) is 18.0 Å². The van der Waals surface area contributed by atoms with Gasteiger partial charge in [-0.3, -0.25) is 14.8 Å². The zero-order valence-corrected chi connectivity index (χ0v) is 20.0. The number of carbonyl (C=O) groups is 1. The number of rotatable bonds is 5. The van der Waals surface area contributed by atoms with E-state index in [1.54, 1.807) is 29.7 Å². The van der Waals surface area contributed by atoms with E-state index in [0.29, 0.717) is 17.8 Å². The predicted octanol–water partition coefficient (Wildman–Crippen LogP) is 4.07. The fourth-order valence-electron chi connectivity index (χ4n) is 4.10. The molecule has 0 aromatic carbocycles. The van der Waals surface area contributed by atoms with Gasteiger partial charge in [0.2, 0.25) is 0 Å². The topological polar surface area (TPSA) is 80.2 Å². The second-order valence-electron chi connectivity index (χ2n) is 8.39. The molecule has 2 atom stereocenters. The van der Waals surface area contributed by atoms with Crippen LogP contribution in [0.15, 0.2) is 30.5 Å². The lowest BCUT2D eigenvalue weighted by atomic mass is 10.1. The Bertz CT molecular complexity index is 1100. The third kappa shape index (κ3) is 4.97. The minimum Gasteiger partial charge on any atom is -0.372 e. The van der Waals surface area contributed by atoms with Crippen molar-refractivity contribution in [2.24, 2.45) is 0 Å². The standard InChI is InChI=1S/C24H29N5O2S/c1-14-9-19(10-15(2)27-14)22-21(11-26-23(30)20-7-6-8-25-18(20)5)28-24(32-22)29-12-16(3)31-17(4)13-29/h6-10,16-17H,11-13H2,1-5H3,(H,26,30)/t16-,17+. The van der Waals surface area contributed by atoms with Crippen LogP contribution in [0.5, 0.6) is 0 Å². The van der Waals surface area contributed by atoms with Crippen LogP contribution in [-0.4, -0.2) is 46.2 Å². The summed E-state index contributed by atoms with van der Waals surface area (Å²) in [4.78, 5) is 29.8. The molecule has 3 aromatic rings. The average molecular weight is 452 g/mol. The second kappa shape index (κ2) is 9.34. The predicted molar refractivity (Wildman–Crippen MR) is 127 cm³/mol. The van der Waals surface area contributed by atoms with E-state index in [1.165, 1.54) is 0 Å². The van der Waals surface area contributed by atoms with Crippen LogP contribution in [0.25, 0.3) is 10.4 Å². The number of nitrogens with one attached hydrogen (secondary N) is 1. The molecule has 1 amide bonds. The third-order valence-corrected chi connectivity index (χ3v) is 6.60. The van der Waals surface area contributed by atoms with E-state index in [1.807, 2.05) is 20.8 Å². The largest absolute Gasteiger partial charge is 0.372 e. The molecule has 4 heterocycles. The SMILES string of the molecule is Cc1cc(-c2sc(N3C[C@@H](C)O[C@@H](C)C3)nc2CNC(=O)c2cccnc2C)cc(C)n1. The number of pyridine rings is 2. The summed E-state index contributed by atoms with van der Waals surface area (Å²) in [6, 6.07) is 7.71. The first-order valence-corrected chi connectivity index (χ1v) is 11.7. The number of amides is 1. The molecule has 0 radical (unpaired) electrons. The lowest BCUT2D eigenvalue weighted by molar-refractivity contribution is -0.00523. The Balaban J connectivity index is 1.65. The molecular formula is C24H29N5O2S. The summed E-state index contributed by atoms with van der Waals surface area (Å²) >= 11 is 1.66. The number of morpholine rings is 1. The van der Waals surface area contributed by atoms with Crippen molar-refractivity contribution in [3.8, 4) is 10.4 Å². The molecule has 3 aromatic heterocycles. The summed E-state index contributed by atoms with van der Waals surface area (Å²) in [5.74, 6) is -0.146. The molecule has 1 N–H and O–H groups in total.